The standard InChI is InChI=1S/C19H19ClN4O2/c1-24-12-11-21-18(24)17(13-7-9-14(26-2)10-8-13)23-19(25)22-16-6-4-3-5-15(16)20/h3-12,17H,1-2H3,(H2,22,23,25). The molecule has 0 radical (unpaired) electrons. The summed E-state index contributed by atoms with van der Waals surface area (Å²) in [5, 5.41) is 6.20. The SMILES string of the molecule is COc1ccc(C(NC(=O)Nc2ccccc2Cl)c2nccn2C)cc1. The average molecular weight is 371 g/mol. The van der Waals surface area contributed by atoms with E-state index in [4.69, 9.17) is 16.3 Å². The van der Waals surface area contributed by atoms with Crippen LogP contribution in [0.4, 0.5) is 10.5 Å². The lowest BCUT2D eigenvalue weighted by molar-refractivity contribution is 0.249. The van der Waals surface area contributed by atoms with Crippen LogP contribution in [0, 0.1) is 0 Å². The van der Waals surface area contributed by atoms with Crippen molar-refractivity contribution in [2.24, 2.45) is 7.05 Å². The highest BCUT2D eigenvalue weighted by Crippen LogP contribution is 2.24. The third-order valence-corrected chi connectivity index (χ3v) is 4.29. The van der Waals surface area contributed by atoms with Gasteiger partial charge in [0.2, 0.25) is 0 Å². The van der Waals surface area contributed by atoms with Gasteiger partial charge in [-0.2, -0.15) is 0 Å². The Labute approximate surface area is 156 Å². The number of carbonyl (C=O) groups excluding carboxylic acids is 1. The summed E-state index contributed by atoms with van der Waals surface area (Å²) in [4.78, 5) is 16.9. The van der Waals surface area contributed by atoms with Gasteiger partial charge >= 0.3 is 6.03 Å². The van der Waals surface area contributed by atoms with E-state index < -0.39 is 6.04 Å². The minimum absolute atomic E-state index is 0.373. The number of nitrogens with one attached hydrogen (secondary N) is 2. The number of aryl methyl sites for hydroxylation is 1. The van der Waals surface area contributed by atoms with Crippen molar-refractivity contribution in [2.45, 2.75) is 6.04 Å². The van der Waals surface area contributed by atoms with E-state index in [0.29, 0.717) is 16.5 Å². The molecule has 0 fully saturated rings. The molecule has 3 aromatic rings. The van der Waals surface area contributed by atoms with E-state index in [9.17, 15) is 4.79 Å². The van der Waals surface area contributed by atoms with Crippen molar-refractivity contribution >= 4 is 23.3 Å². The molecule has 1 heterocycles. The molecular formula is C19H19ClN4O2. The minimum atomic E-state index is -0.427. The number of amides is 2. The molecule has 0 saturated carbocycles. The molecule has 0 aliphatic rings. The highest BCUT2D eigenvalue weighted by atomic mass is 35.5. The third-order valence-electron chi connectivity index (χ3n) is 3.96. The second kappa shape index (κ2) is 7.93. The molecule has 2 amide bonds. The van der Waals surface area contributed by atoms with Crippen molar-refractivity contribution in [1.29, 1.82) is 0 Å². The number of para-hydroxylation sites is 1. The molecule has 0 bridgehead atoms. The highest BCUT2D eigenvalue weighted by Gasteiger charge is 2.21. The van der Waals surface area contributed by atoms with E-state index in [0.717, 1.165) is 11.3 Å². The summed E-state index contributed by atoms with van der Waals surface area (Å²) >= 11 is 6.11. The molecule has 0 aliphatic carbocycles. The zero-order chi connectivity index (χ0) is 18.5. The first-order chi connectivity index (χ1) is 12.6. The maximum atomic E-state index is 12.5. The maximum absolute atomic E-state index is 12.5. The fourth-order valence-corrected chi connectivity index (χ4v) is 2.78. The Morgan fingerprint density at radius 1 is 1.19 bits per heavy atom. The summed E-state index contributed by atoms with van der Waals surface area (Å²) in [5.41, 5.74) is 1.43. The Morgan fingerprint density at radius 3 is 2.54 bits per heavy atom. The fourth-order valence-electron chi connectivity index (χ4n) is 2.60. The molecular weight excluding hydrogens is 352 g/mol. The van der Waals surface area contributed by atoms with Crippen LogP contribution in [0.5, 0.6) is 5.75 Å². The number of nitrogens with zero attached hydrogens (tertiary/aromatic N) is 2. The molecule has 134 valence electrons. The van der Waals surface area contributed by atoms with Gasteiger partial charge in [0, 0.05) is 19.4 Å². The van der Waals surface area contributed by atoms with E-state index in [1.807, 2.05) is 42.1 Å². The number of benzene rings is 2. The fraction of sp³-hybridized carbons (Fsp3) is 0.158. The van der Waals surface area contributed by atoms with Crippen LogP contribution in [0.15, 0.2) is 60.9 Å². The molecule has 0 spiro atoms. The number of imidazole rings is 1. The predicted octanol–water partition coefficient (Wildman–Crippen LogP) is 3.99. The smallest absolute Gasteiger partial charge is 0.320 e. The first-order valence-electron chi connectivity index (χ1n) is 8.01. The zero-order valence-corrected chi connectivity index (χ0v) is 15.2. The van der Waals surface area contributed by atoms with Crippen LogP contribution in [-0.4, -0.2) is 22.7 Å². The van der Waals surface area contributed by atoms with Crippen LogP contribution in [0.1, 0.15) is 17.4 Å². The van der Waals surface area contributed by atoms with Gasteiger partial charge in [0.25, 0.3) is 0 Å². The zero-order valence-electron chi connectivity index (χ0n) is 14.4. The second-order valence-electron chi connectivity index (χ2n) is 5.68. The Bertz CT molecular complexity index is 893. The third kappa shape index (κ3) is 3.97. The van der Waals surface area contributed by atoms with Gasteiger partial charge in [-0.15, -0.1) is 0 Å². The van der Waals surface area contributed by atoms with Crippen molar-refractivity contribution in [3.8, 4) is 5.75 Å². The number of methoxy groups -OCH3 is 1. The minimum Gasteiger partial charge on any atom is -0.497 e. The molecule has 3 rings (SSSR count). The Kier molecular flexibility index (Phi) is 5.43. The van der Waals surface area contributed by atoms with Crippen LogP contribution in [0.2, 0.25) is 5.02 Å². The number of hydrogen-bond donors (Lipinski definition) is 2. The van der Waals surface area contributed by atoms with Crippen molar-refractivity contribution in [2.75, 3.05) is 12.4 Å². The van der Waals surface area contributed by atoms with Crippen LogP contribution in [0.3, 0.4) is 0 Å². The number of ether oxygens (including phenoxy) is 1. The van der Waals surface area contributed by atoms with Crippen molar-refractivity contribution < 1.29 is 9.53 Å². The van der Waals surface area contributed by atoms with Crippen molar-refractivity contribution in [1.82, 2.24) is 14.9 Å². The Balaban J connectivity index is 1.85. The monoisotopic (exact) mass is 370 g/mol. The predicted molar refractivity (Wildman–Crippen MR) is 102 cm³/mol. The first kappa shape index (κ1) is 17.8. The molecule has 1 aromatic heterocycles. The lowest BCUT2D eigenvalue weighted by Gasteiger charge is -2.20. The number of urea groups is 1. The summed E-state index contributed by atoms with van der Waals surface area (Å²) in [6, 6.07) is 13.8. The van der Waals surface area contributed by atoms with E-state index in [1.54, 1.807) is 37.6 Å². The number of halogens is 1. The van der Waals surface area contributed by atoms with E-state index >= 15 is 0 Å². The van der Waals surface area contributed by atoms with Gasteiger partial charge in [0.1, 0.15) is 17.6 Å². The summed E-state index contributed by atoms with van der Waals surface area (Å²) < 4.78 is 7.07. The maximum Gasteiger partial charge on any atom is 0.320 e. The topological polar surface area (TPSA) is 68.2 Å². The van der Waals surface area contributed by atoms with Gasteiger partial charge in [-0.25, -0.2) is 9.78 Å². The van der Waals surface area contributed by atoms with E-state index in [-0.39, 0.29) is 6.03 Å². The van der Waals surface area contributed by atoms with Gasteiger partial charge in [-0.05, 0) is 29.8 Å². The van der Waals surface area contributed by atoms with Gasteiger partial charge in [0.15, 0.2) is 0 Å². The van der Waals surface area contributed by atoms with Crippen LogP contribution in [-0.2, 0) is 7.05 Å². The normalized spacial score (nSPS) is 11.7. The summed E-state index contributed by atoms with van der Waals surface area (Å²) in [6.07, 6.45) is 3.53. The van der Waals surface area contributed by atoms with E-state index in [1.165, 1.54) is 0 Å². The molecule has 1 unspecified atom stereocenters. The van der Waals surface area contributed by atoms with Gasteiger partial charge in [-0.1, -0.05) is 35.9 Å². The molecule has 1 atom stereocenters. The number of aromatic nitrogens is 2. The number of carbonyl (C=O) groups is 1. The lowest BCUT2D eigenvalue weighted by Crippen LogP contribution is -2.34. The van der Waals surface area contributed by atoms with Crippen molar-refractivity contribution in [3.63, 3.8) is 0 Å². The quantitative estimate of drug-likeness (QED) is 0.713. The summed E-state index contributed by atoms with van der Waals surface area (Å²) in [5.74, 6) is 1.46. The van der Waals surface area contributed by atoms with Gasteiger partial charge in [-0.3, -0.25) is 0 Å². The molecule has 2 N–H and O–H groups in total. The second-order valence-corrected chi connectivity index (χ2v) is 6.09. The molecule has 6 nitrogen and oxygen atoms in total. The van der Waals surface area contributed by atoms with Gasteiger partial charge in [0.05, 0.1) is 17.8 Å². The Hall–Kier alpha value is -2.99. The van der Waals surface area contributed by atoms with Crippen LogP contribution in [0.25, 0.3) is 0 Å². The van der Waals surface area contributed by atoms with Gasteiger partial charge < -0.3 is 19.9 Å². The molecule has 7 heteroatoms. The van der Waals surface area contributed by atoms with Crippen LogP contribution >= 0.6 is 11.6 Å². The lowest BCUT2D eigenvalue weighted by atomic mass is 10.1. The summed E-state index contributed by atoms with van der Waals surface area (Å²) in [6.45, 7) is 0. The largest absolute Gasteiger partial charge is 0.497 e. The first-order valence-corrected chi connectivity index (χ1v) is 8.39. The average Bonchev–Trinajstić information content (AvgIpc) is 3.07. The summed E-state index contributed by atoms with van der Waals surface area (Å²) in [7, 11) is 3.49. The Morgan fingerprint density at radius 2 is 1.92 bits per heavy atom. The molecule has 0 saturated heterocycles. The molecule has 0 aliphatic heterocycles. The van der Waals surface area contributed by atoms with E-state index in [2.05, 4.69) is 15.6 Å². The number of hydrogen-bond acceptors (Lipinski definition) is 3. The van der Waals surface area contributed by atoms with Crippen molar-refractivity contribution in [3.05, 3.63) is 77.3 Å². The number of anilines is 1. The molecule has 26 heavy (non-hydrogen) atoms. The van der Waals surface area contributed by atoms with Crippen LogP contribution < -0.4 is 15.4 Å². The molecule has 2 aromatic carbocycles. The number of rotatable bonds is 5. The highest BCUT2D eigenvalue weighted by molar-refractivity contribution is 6.33.